The van der Waals surface area contributed by atoms with E-state index in [0.29, 0.717) is 6.29 Å². The number of rotatable bonds is 7. The van der Waals surface area contributed by atoms with E-state index in [1.165, 1.54) is 0 Å². The molecule has 0 aliphatic carbocycles. The van der Waals surface area contributed by atoms with Crippen LogP contribution >= 0.6 is 0 Å². The molecule has 0 aromatic carbocycles. The fraction of sp³-hybridized carbons (Fsp3) is 0.833. The fourth-order valence-electron chi connectivity index (χ4n) is 0.815. The number of aliphatic hydroxyl groups is 2. The van der Waals surface area contributed by atoms with Crippen LogP contribution in [0.3, 0.4) is 0 Å². The Morgan fingerprint density at radius 1 is 1.22 bits per heavy atom. The molecular weight excluding hydrogens is 236 g/mol. The Balaban J connectivity index is -0.000000506. The van der Waals surface area contributed by atoms with Gasteiger partial charge >= 0.3 is 0 Å². The second kappa shape index (κ2) is 18.4. The van der Waals surface area contributed by atoms with E-state index >= 15 is 0 Å². The highest BCUT2D eigenvalue weighted by atomic mass is 16.3. The molecule has 0 heterocycles. The van der Waals surface area contributed by atoms with E-state index < -0.39 is 12.1 Å². The number of aldehydes is 1. The van der Waals surface area contributed by atoms with Crippen LogP contribution in [0.2, 0.25) is 0 Å². The number of carbonyl (C=O) groups excluding carboxylic acids is 2. The molecule has 18 heavy (non-hydrogen) atoms. The Bertz CT molecular complexity index is 185. The smallest absolute Gasteiger partial charge is 0.220 e. The number of nitrogens with one attached hydrogen (secondary N) is 1. The first-order valence-corrected chi connectivity index (χ1v) is 6.36. The first-order chi connectivity index (χ1) is 8.63. The highest BCUT2D eigenvalue weighted by Gasteiger charge is 2.11. The van der Waals surface area contributed by atoms with Crippen LogP contribution in [-0.2, 0) is 9.59 Å². The van der Waals surface area contributed by atoms with Crippen LogP contribution < -0.4 is 11.1 Å². The third kappa shape index (κ3) is 15.0. The summed E-state index contributed by atoms with van der Waals surface area (Å²) in [5.74, 6) is -0.338. The van der Waals surface area contributed by atoms with Crippen LogP contribution in [0.25, 0.3) is 0 Å². The van der Waals surface area contributed by atoms with Crippen molar-refractivity contribution < 1.29 is 19.8 Å². The molecule has 0 saturated heterocycles. The molecule has 6 nitrogen and oxygen atoms in total. The van der Waals surface area contributed by atoms with Gasteiger partial charge in [-0.15, -0.1) is 0 Å². The first kappa shape index (κ1) is 22.2. The van der Waals surface area contributed by atoms with E-state index in [1.807, 2.05) is 27.7 Å². The lowest BCUT2D eigenvalue weighted by atomic mass is 10.2. The summed E-state index contributed by atoms with van der Waals surface area (Å²) >= 11 is 0. The van der Waals surface area contributed by atoms with Crippen LogP contribution in [0.15, 0.2) is 0 Å². The third-order valence-corrected chi connectivity index (χ3v) is 1.69. The van der Waals surface area contributed by atoms with Gasteiger partial charge in [-0.1, -0.05) is 27.7 Å². The van der Waals surface area contributed by atoms with Crippen molar-refractivity contribution >= 4 is 12.2 Å². The zero-order valence-corrected chi connectivity index (χ0v) is 11.8. The molecule has 0 aliphatic heterocycles. The Labute approximate surface area is 110 Å². The summed E-state index contributed by atoms with van der Waals surface area (Å²) in [6, 6.07) is -1.28. The van der Waals surface area contributed by atoms with Gasteiger partial charge in [0.05, 0.1) is 25.3 Å². The number of nitrogens with two attached hydrogens (primary N) is 1. The van der Waals surface area contributed by atoms with Crippen molar-refractivity contribution in [3.8, 4) is 0 Å². The lowest BCUT2D eigenvalue weighted by Gasteiger charge is -2.13. The van der Waals surface area contributed by atoms with Gasteiger partial charge in [-0.05, 0) is 6.42 Å². The molecule has 110 valence electrons. The molecule has 0 radical (unpaired) electrons. The zero-order valence-electron chi connectivity index (χ0n) is 11.8. The maximum Gasteiger partial charge on any atom is 0.220 e. The summed E-state index contributed by atoms with van der Waals surface area (Å²) in [7, 11) is 0. The lowest BCUT2D eigenvalue weighted by molar-refractivity contribution is -0.122. The first-order valence-electron chi connectivity index (χ1n) is 6.36. The van der Waals surface area contributed by atoms with E-state index in [-0.39, 0.29) is 32.0 Å². The molecule has 0 rings (SSSR count). The fourth-order valence-corrected chi connectivity index (χ4v) is 0.815. The topological polar surface area (TPSA) is 113 Å². The van der Waals surface area contributed by atoms with Gasteiger partial charge < -0.3 is 26.1 Å². The highest BCUT2D eigenvalue weighted by Crippen LogP contribution is 1.93. The summed E-state index contributed by atoms with van der Waals surface area (Å²) in [4.78, 5) is 21.2. The van der Waals surface area contributed by atoms with Crippen molar-refractivity contribution in [2.75, 3.05) is 13.2 Å². The van der Waals surface area contributed by atoms with Crippen LogP contribution in [0, 0.1) is 0 Å². The summed E-state index contributed by atoms with van der Waals surface area (Å²) in [5, 5.41) is 19.7. The van der Waals surface area contributed by atoms with Gasteiger partial charge in [0.25, 0.3) is 0 Å². The van der Waals surface area contributed by atoms with Gasteiger partial charge in [0.2, 0.25) is 5.91 Å². The van der Waals surface area contributed by atoms with Gasteiger partial charge in [-0.25, -0.2) is 0 Å². The molecule has 6 heteroatoms. The molecule has 0 saturated carbocycles. The molecule has 0 aromatic heterocycles. The van der Waals surface area contributed by atoms with E-state index in [9.17, 15) is 9.59 Å². The summed E-state index contributed by atoms with van der Waals surface area (Å²) < 4.78 is 0. The molecule has 1 unspecified atom stereocenters. The number of aliphatic hydroxyl groups excluding tert-OH is 2. The van der Waals surface area contributed by atoms with E-state index in [0.717, 1.165) is 0 Å². The third-order valence-electron chi connectivity index (χ3n) is 1.69. The highest BCUT2D eigenvalue weighted by molar-refractivity contribution is 5.76. The predicted molar refractivity (Wildman–Crippen MR) is 72.1 cm³/mol. The van der Waals surface area contributed by atoms with Crippen molar-refractivity contribution in [3.05, 3.63) is 0 Å². The minimum Gasteiger partial charge on any atom is -0.394 e. The molecule has 0 aromatic rings. The molecule has 0 fully saturated rings. The second-order valence-electron chi connectivity index (χ2n) is 2.97. The average molecular weight is 264 g/mol. The molecule has 1 atom stereocenters. The lowest BCUT2D eigenvalue weighted by Crippen LogP contribution is -2.40. The maximum atomic E-state index is 11.1. The Morgan fingerprint density at radius 3 is 2.00 bits per heavy atom. The van der Waals surface area contributed by atoms with Crippen molar-refractivity contribution in [1.82, 2.24) is 5.32 Å². The predicted octanol–water partition coefficient (Wildman–Crippen LogP) is -0.185. The van der Waals surface area contributed by atoms with Crippen LogP contribution in [0.1, 0.15) is 40.5 Å². The molecule has 0 aliphatic rings. The SMILES string of the molecule is CC.CC.NC(C=O)CCC(=O)NC(CO)CO. The molecular formula is C12H28N2O4. The molecule has 0 spiro atoms. The average Bonchev–Trinajstić information content (AvgIpc) is 2.46. The Kier molecular flexibility index (Phi) is 22.7. The Hall–Kier alpha value is -0.980. The van der Waals surface area contributed by atoms with E-state index in [1.54, 1.807) is 0 Å². The van der Waals surface area contributed by atoms with Gasteiger partial charge in [-0.2, -0.15) is 0 Å². The minimum atomic E-state index is -0.644. The Morgan fingerprint density at radius 2 is 1.67 bits per heavy atom. The monoisotopic (exact) mass is 264 g/mol. The van der Waals surface area contributed by atoms with E-state index in [4.69, 9.17) is 15.9 Å². The van der Waals surface area contributed by atoms with Crippen molar-refractivity contribution in [2.45, 2.75) is 52.6 Å². The van der Waals surface area contributed by atoms with Crippen molar-refractivity contribution in [2.24, 2.45) is 5.73 Å². The normalized spacial score (nSPS) is 10.4. The van der Waals surface area contributed by atoms with Gasteiger partial charge in [0.1, 0.15) is 6.29 Å². The zero-order chi connectivity index (χ0) is 15.0. The van der Waals surface area contributed by atoms with Crippen LogP contribution in [-0.4, -0.2) is 47.7 Å². The van der Waals surface area contributed by atoms with Gasteiger partial charge in [0.15, 0.2) is 0 Å². The number of hydrogen-bond donors (Lipinski definition) is 4. The second-order valence-corrected chi connectivity index (χ2v) is 2.97. The van der Waals surface area contributed by atoms with Crippen LogP contribution in [0.5, 0.6) is 0 Å². The van der Waals surface area contributed by atoms with Gasteiger partial charge in [0, 0.05) is 6.42 Å². The molecule has 5 N–H and O–H groups in total. The summed E-state index contributed by atoms with van der Waals surface area (Å²) in [6.07, 6.45) is 0.943. The van der Waals surface area contributed by atoms with Crippen molar-refractivity contribution in [1.29, 1.82) is 0 Å². The van der Waals surface area contributed by atoms with Crippen LogP contribution in [0.4, 0.5) is 0 Å². The van der Waals surface area contributed by atoms with Crippen molar-refractivity contribution in [3.63, 3.8) is 0 Å². The number of carbonyl (C=O) groups is 2. The maximum absolute atomic E-state index is 11.1. The molecule has 1 amide bonds. The quantitative estimate of drug-likeness (QED) is 0.476. The summed E-state index contributed by atoms with van der Waals surface area (Å²) in [5.41, 5.74) is 5.27. The minimum absolute atomic E-state index is 0.108. The standard InChI is InChI=1S/C8H16N2O4.2C2H6/c9-6(3-11)1-2-8(14)10-7(4-12)5-13;2*1-2/h3,6-7,12-13H,1-2,4-5,9H2,(H,10,14);2*1-2H3. The summed E-state index contributed by atoms with van der Waals surface area (Å²) in [6.45, 7) is 7.37. The largest absolute Gasteiger partial charge is 0.394 e. The number of amides is 1. The number of hydrogen-bond acceptors (Lipinski definition) is 5. The molecule has 0 bridgehead atoms. The van der Waals surface area contributed by atoms with E-state index in [2.05, 4.69) is 5.32 Å². The van der Waals surface area contributed by atoms with Gasteiger partial charge in [-0.3, -0.25) is 4.79 Å².